The van der Waals surface area contributed by atoms with Crippen LogP contribution in [0.3, 0.4) is 0 Å². The second-order valence-corrected chi connectivity index (χ2v) is 4.28. The Hall–Kier alpha value is -2.28. The van der Waals surface area contributed by atoms with E-state index >= 15 is 0 Å². The molecular formula is C14H12F4N2O. The van der Waals surface area contributed by atoms with Gasteiger partial charge in [0.15, 0.2) is 11.6 Å². The highest BCUT2D eigenvalue weighted by Crippen LogP contribution is 2.35. The van der Waals surface area contributed by atoms with E-state index < -0.39 is 23.3 Å². The number of nitrogens with one attached hydrogen (secondary N) is 2. The summed E-state index contributed by atoms with van der Waals surface area (Å²) in [6.07, 6.45) is -4.84. The van der Waals surface area contributed by atoms with Gasteiger partial charge in [-0.25, -0.2) is 9.82 Å². The van der Waals surface area contributed by atoms with Crippen LogP contribution >= 0.6 is 0 Å². The van der Waals surface area contributed by atoms with E-state index in [0.29, 0.717) is 6.07 Å². The molecule has 0 aromatic heterocycles. The van der Waals surface area contributed by atoms with Crippen molar-refractivity contribution in [1.82, 2.24) is 5.43 Å². The Labute approximate surface area is 118 Å². The third-order valence-corrected chi connectivity index (χ3v) is 2.79. The number of benzene rings is 2. The minimum absolute atomic E-state index is 0.0175. The van der Waals surface area contributed by atoms with Gasteiger partial charge in [0.05, 0.1) is 5.56 Å². The van der Waals surface area contributed by atoms with Crippen LogP contribution in [0.2, 0.25) is 0 Å². The van der Waals surface area contributed by atoms with Crippen molar-refractivity contribution in [2.75, 3.05) is 5.43 Å². The van der Waals surface area contributed by atoms with Gasteiger partial charge in [0.25, 0.3) is 0 Å². The smallest absolute Gasteiger partial charge is 0.419 e. The van der Waals surface area contributed by atoms with Crippen molar-refractivity contribution in [1.29, 1.82) is 0 Å². The Morgan fingerprint density at radius 3 is 2.29 bits per heavy atom. The molecule has 2 aromatic rings. The van der Waals surface area contributed by atoms with Crippen molar-refractivity contribution in [3.05, 3.63) is 59.4 Å². The lowest BCUT2D eigenvalue weighted by Gasteiger charge is -2.13. The second-order valence-electron chi connectivity index (χ2n) is 4.28. The molecule has 0 aliphatic heterocycles. The number of hydrogen-bond donors (Lipinski definition) is 3. The Morgan fingerprint density at radius 1 is 1.00 bits per heavy atom. The number of para-hydroxylation sites is 1. The molecule has 0 heterocycles. The molecule has 2 aromatic carbocycles. The first-order valence-corrected chi connectivity index (χ1v) is 6.01. The lowest BCUT2D eigenvalue weighted by atomic mass is 10.1. The van der Waals surface area contributed by atoms with Crippen LogP contribution < -0.4 is 10.9 Å². The summed E-state index contributed by atoms with van der Waals surface area (Å²) in [6.45, 7) is -0.0458. The van der Waals surface area contributed by atoms with Gasteiger partial charge in [0, 0.05) is 17.8 Å². The van der Waals surface area contributed by atoms with Gasteiger partial charge in [0.2, 0.25) is 0 Å². The lowest BCUT2D eigenvalue weighted by molar-refractivity contribution is -0.140. The molecule has 0 spiro atoms. The first-order valence-electron chi connectivity index (χ1n) is 6.01. The van der Waals surface area contributed by atoms with Crippen LogP contribution in [0.25, 0.3) is 0 Å². The molecule has 0 aliphatic carbocycles. The Kier molecular flexibility index (Phi) is 4.32. The zero-order valence-electron chi connectivity index (χ0n) is 10.7. The highest BCUT2D eigenvalue weighted by Gasteiger charge is 2.35. The topological polar surface area (TPSA) is 44.3 Å². The van der Waals surface area contributed by atoms with E-state index in [2.05, 4.69) is 10.9 Å². The molecule has 112 valence electrons. The van der Waals surface area contributed by atoms with Gasteiger partial charge < -0.3 is 10.5 Å². The maximum atomic E-state index is 13.5. The van der Waals surface area contributed by atoms with Gasteiger partial charge in [-0.1, -0.05) is 24.3 Å². The molecule has 0 radical (unpaired) electrons. The zero-order chi connectivity index (χ0) is 15.5. The van der Waals surface area contributed by atoms with Gasteiger partial charge >= 0.3 is 6.18 Å². The number of halogens is 4. The average molecular weight is 300 g/mol. The van der Waals surface area contributed by atoms with Crippen molar-refractivity contribution in [3.8, 4) is 5.75 Å². The molecule has 3 nitrogen and oxygen atoms in total. The predicted molar refractivity (Wildman–Crippen MR) is 70.0 cm³/mol. The molecule has 21 heavy (non-hydrogen) atoms. The number of rotatable bonds is 4. The molecule has 0 aliphatic rings. The van der Waals surface area contributed by atoms with E-state index in [9.17, 15) is 22.7 Å². The van der Waals surface area contributed by atoms with Crippen molar-refractivity contribution < 1.29 is 22.7 Å². The minimum Gasteiger partial charge on any atom is -0.505 e. The van der Waals surface area contributed by atoms with E-state index in [1.54, 1.807) is 24.3 Å². The van der Waals surface area contributed by atoms with Gasteiger partial charge in [-0.3, -0.25) is 0 Å². The average Bonchev–Trinajstić information content (AvgIpc) is 2.43. The fourth-order valence-electron chi connectivity index (χ4n) is 1.73. The number of aromatic hydroxyl groups is 1. The van der Waals surface area contributed by atoms with Crippen LogP contribution in [0.4, 0.5) is 23.2 Å². The van der Waals surface area contributed by atoms with Crippen LogP contribution in [-0.4, -0.2) is 5.11 Å². The molecule has 2 rings (SSSR count). The zero-order valence-corrected chi connectivity index (χ0v) is 10.7. The molecule has 0 saturated carbocycles. The van der Waals surface area contributed by atoms with Crippen LogP contribution in [0.5, 0.6) is 5.75 Å². The van der Waals surface area contributed by atoms with Crippen molar-refractivity contribution >= 4 is 5.69 Å². The van der Waals surface area contributed by atoms with Gasteiger partial charge in [-0.2, -0.15) is 13.2 Å². The van der Waals surface area contributed by atoms with Crippen LogP contribution in [0.15, 0.2) is 42.5 Å². The van der Waals surface area contributed by atoms with E-state index in [-0.39, 0.29) is 12.1 Å². The van der Waals surface area contributed by atoms with Gasteiger partial charge in [-0.15, -0.1) is 0 Å². The lowest BCUT2D eigenvalue weighted by Crippen LogP contribution is -2.21. The third-order valence-electron chi connectivity index (χ3n) is 2.79. The van der Waals surface area contributed by atoms with Crippen LogP contribution in [0.1, 0.15) is 11.1 Å². The summed E-state index contributed by atoms with van der Waals surface area (Å²) < 4.78 is 50.9. The number of hydrazine groups is 1. The highest BCUT2D eigenvalue weighted by atomic mass is 19.4. The quantitative estimate of drug-likeness (QED) is 0.596. The summed E-state index contributed by atoms with van der Waals surface area (Å²) in [5.41, 5.74) is 4.72. The third kappa shape index (κ3) is 3.63. The Bertz CT molecular complexity index is 614. The fraction of sp³-hybridized carbons (Fsp3) is 0.143. The van der Waals surface area contributed by atoms with Crippen LogP contribution in [0, 0.1) is 5.82 Å². The molecule has 0 unspecified atom stereocenters. The normalized spacial score (nSPS) is 11.4. The maximum absolute atomic E-state index is 13.5. The fourth-order valence-corrected chi connectivity index (χ4v) is 1.73. The first-order chi connectivity index (χ1) is 9.89. The molecule has 0 bridgehead atoms. The SMILES string of the molecule is Oc1c(CNNc2ccccc2)ccc(C(F)(F)F)c1F. The van der Waals surface area contributed by atoms with Gasteiger partial charge in [0.1, 0.15) is 0 Å². The van der Waals surface area contributed by atoms with Gasteiger partial charge in [-0.05, 0) is 18.2 Å². The maximum Gasteiger partial charge on any atom is 0.419 e. The summed E-state index contributed by atoms with van der Waals surface area (Å²) in [4.78, 5) is 0. The highest BCUT2D eigenvalue weighted by molar-refractivity contribution is 5.42. The van der Waals surface area contributed by atoms with E-state index in [1.807, 2.05) is 6.07 Å². The molecule has 0 fully saturated rings. The largest absolute Gasteiger partial charge is 0.505 e. The van der Waals surface area contributed by atoms with E-state index in [1.165, 1.54) is 0 Å². The predicted octanol–water partition coefficient (Wildman–Crippen LogP) is 3.67. The number of phenols is 1. The number of alkyl halides is 3. The molecule has 0 atom stereocenters. The molecule has 0 amide bonds. The second kappa shape index (κ2) is 6.01. The van der Waals surface area contributed by atoms with E-state index in [4.69, 9.17) is 0 Å². The van der Waals surface area contributed by atoms with Crippen molar-refractivity contribution in [3.63, 3.8) is 0 Å². The number of phenolic OH excluding ortho intramolecular Hbond substituents is 1. The summed E-state index contributed by atoms with van der Waals surface area (Å²) in [7, 11) is 0. The standard InChI is InChI=1S/C14H12F4N2O/c15-12-11(14(16,17)18)7-6-9(13(12)21)8-19-20-10-4-2-1-3-5-10/h1-7,19-21H,8H2. The summed E-state index contributed by atoms with van der Waals surface area (Å²) in [6, 6.07) is 10.6. The molecular weight excluding hydrogens is 288 g/mol. The summed E-state index contributed by atoms with van der Waals surface area (Å²) in [5.74, 6) is -2.67. The molecule has 0 saturated heterocycles. The van der Waals surface area contributed by atoms with Crippen molar-refractivity contribution in [2.45, 2.75) is 12.7 Å². The number of hydrogen-bond acceptors (Lipinski definition) is 3. The molecule has 3 N–H and O–H groups in total. The van der Waals surface area contributed by atoms with Crippen LogP contribution in [-0.2, 0) is 12.7 Å². The minimum atomic E-state index is -4.84. The summed E-state index contributed by atoms with van der Waals surface area (Å²) in [5, 5.41) is 9.50. The Morgan fingerprint density at radius 2 is 1.67 bits per heavy atom. The van der Waals surface area contributed by atoms with Crippen molar-refractivity contribution in [2.24, 2.45) is 0 Å². The Balaban J connectivity index is 2.06. The van der Waals surface area contributed by atoms with E-state index in [0.717, 1.165) is 11.8 Å². The summed E-state index contributed by atoms with van der Waals surface area (Å²) >= 11 is 0. The first kappa shape index (κ1) is 15.1. The number of anilines is 1. The molecule has 7 heteroatoms. The monoisotopic (exact) mass is 300 g/mol.